The Morgan fingerprint density at radius 2 is 2.12 bits per heavy atom. The van der Waals surface area contributed by atoms with Crippen molar-refractivity contribution in [2.24, 2.45) is 0 Å². The van der Waals surface area contributed by atoms with Gasteiger partial charge in [0, 0.05) is 18.9 Å². The van der Waals surface area contributed by atoms with Crippen LogP contribution in [0.25, 0.3) is 0 Å². The maximum absolute atomic E-state index is 11.6. The van der Waals surface area contributed by atoms with Crippen LogP contribution >= 0.6 is 0 Å². The van der Waals surface area contributed by atoms with E-state index in [1.165, 1.54) is 0 Å². The highest BCUT2D eigenvalue weighted by Gasteiger charge is 2.30. The standard InChI is InChI=1S/C10H15N3O2S/c1-8-5-11-10(12-6-8)13-7-9-3-2-4-16(9,14)15/h5-6,9H,2-4,7H2,1H3,(H,11,12,13). The Balaban J connectivity index is 1.95. The van der Waals surface area contributed by atoms with Crippen molar-refractivity contribution in [3.05, 3.63) is 18.0 Å². The highest BCUT2D eigenvalue weighted by atomic mass is 32.2. The molecule has 0 saturated carbocycles. The number of anilines is 1. The summed E-state index contributed by atoms with van der Waals surface area (Å²) in [5, 5.41) is 2.69. The predicted molar refractivity (Wildman–Crippen MR) is 62.1 cm³/mol. The molecule has 1 aliphatic heterocycles. The molecule has 0 bridgehead atoms. The third-order valence-corrected chi connectivity index (χ3v) is 5.01. The zero-order chi connectivity index (χ0) is 11.6. The molecule has 1 aliphatic rings. The van der Waals surface area contributed by atoms with E-state index in [1.807, 2.05) is 6.92 Å². The summed E-state index contributed by atoms with van der Waals surface area (Å²) in [5.74, 6) is 0.807. The lowest BCUT2D eigenvalue weighted by atomic mass is 10.2. The van der Waals surface area contributed by atoms with Gasteiger partial charge < -0.3 is 5.32 Å². The smallest absolute Gasteiger partial charge is 0.222 e. The predicted octanol–water partition coefficient (Wildman–Crippen LogP) is 0.774. The first kappa shape index (κ1) is 11.3. The van der Waals surface area contributed by atoms with E-state index in [4.69, 9.17) is 0 Å². The highest BCUT2D eigenvalue weighted by Crippen LogP contribution is 2.19. The summed E-state index contributed by atoms with van der Waals surface area (Å²) in [7, 11) is -2.88. The van der Waals surface area contributed by atoms with Crippen LogP contribution in [0.5, 0.6) is 0 Å². The number of hydrogen-bond acceptors (Lipinski definition) is 5. The molecule has 1 N–H and O–H groups in total. The molecule has 0 radical (unpaired) electrons. The Morgan fingerprint density at radius 3 is 2.69 bits per heavy atom. The number of nitrogens with one attached hydrogen (secondary N) is 1. The van der Waals surface area contributed by atoms with Gasteiger partial charge in [0.25, 0.3) is 0 Å². The summed E-state index contributed by atoms with van der Waals surface area (Å²) in [6.07, 6.45) is 4.92. The largest absolute Gasteiger partial charge is 0.353 e. The second kappa shape index (κ2) is 4.37. The average Bonchev–Trinajstić information content (AvgIpc) is 2.57. The Labute approximate surface area is 95.2 Å². The molecular weight excluding hydrogens is 226 g/mol. The van der Waals surface area contributed by atoms with Gasteiger partial charge in [-0.15, -0.1) is 0 Å². The van der Waals surface area contributed by atoms with Crippen LogP contribution in [-0.4, -0.2) is 35.9 Å². The van der Waals surface area contributed by atoms with Gasteiger partial charge in [-0.3, -0.25) is 0 Å². The van der Waals surface area contributed by atoms with Crippen molar-refractivity contribution < 1.29 is 8.42 Å². The van der Waals surface area contributed by atoms with E-state index in [2.05, 4.69) is 15.3 Å². The number of rotatable bonds is 3. The van der Waals surface area contributed by atoms with Gasteiger partial charge >= 0.3 is 0 Å². The van der Waals surface area contributed by atoms with Gasteiger partial charge in [0.2, 0.25) is 5.95 Å². The summed E-state index contributed by atoms with van der Waals surface area (Å²) in [4.78, 5) is 8.14. The van der Waals surface area contributed by atoms with E-state index in [1.54, 1.807) is 12.4 Å². The second-order valence-electron chi connectivity index (χ2n) is 4.10. The molecule has 1 aromatic rings. The van der Waals surface area contributed by atoms with Gasteiger partial charge in [-0.1, -0.05) is 0 Å². The van der Waals surface area contributed by atoms with Crippen LogP contribution in [0.4, 0.5) is 5.95 Å². The molecule has 2 rings (SSSR count). The highest BCUT2D eigenvalue weighted by molar-refractivity contribution is 7.92. The van der Waals surface area contributed by atoms with Gasteiger partial charge in [-0.2, -0.15) is 0 Å². The quantitative estimate of drug-likeness (QED) is 0.846. The van der Waals surface area contributed by atoms with Crippen molar-refractivity contribution in [2.75, 3.05) is 17.6 Å². The van der Waals surface area contributed by atoms with Gasteiger partial charge in [-0.05, 0) is 25.3 Å². The molecule has 1 atom stereocenters. The second-order valence-corrected chi connectivity index (χ2v) is 6.50. The molecular formula is C10H15N3O2S. The molecule has 5 nitrogen and oxygen atoms in total. The first-order chi connectivity index (χ1) is 7.58. The van der Waals surface area contributed by atoms with Crippen molar-refractivity contribution in [3.63, 3.8) is 0 Å². The molecule has 0 aliphatic carbocycles. The fourth-order valence-corrected chi connectivity index (χ4v) is 3.54. The fourth-order valence-electron chi connectivity index (χ4n) is 1.78. The molecule has 2 heterocycles. The number of nitrogens with zero attached hydrogens (tertiary/aromatic N) is 2. The molecule has 1 aromatic heterocycles. The minimum atomic E-state index is -2.88. The molecule has 1 unspecified atom stereocenters. The van der Waals surface area contributed by atoms with E-state index >= 15 is 0 Å². The molecule has 0 spiro atoms. The normalized spacial score (nSPS) is 23.2. The first-order valence-electron chi connectivity index (χ1n) is 5.32. The Kier molecular flexibility index (Phi) is 3.09. The van der Waals surface area contributed by atoms with Crippen LogP contribution < -0.4 is 5.32 Å². The van der Waals surface area contributed by atoms with Gasteiger partial charge in [0.05, 0.1) is 11.0 Å². The summed E-state index contributed by atoms with van der Waals surface area (Å²) >= 11 is 0. The average molecular weight is 241 g/mol. The first-order valence-corrected chi connectivity index (χ1v) is 7.03. The third kappa shape index (κ3) is 2.49. The molecule has 0 aromatic carbocycles. The molecule has 0 amide bonds. The van der Waals surface area contributed by atoms with Crippen LogP contribution in [0.1, 0.15) is 18.4 Å². The van der Waals surface area contributed by atoms with Crippen molar-refractivity contribution in [1.29, 1.82) is 0 Å². The summed E-state index contributed by atoms with van der Waals surface area (Å²) in [6, 6.07) is 0. The van der Waals surface area contributed by atoms with Crippen LogP contribution in [0, 0.1) is 6.92 Å². The van der Waals surface area contributed by atoms with E-state index in [0.717, 1.165) is 18.4 Å². The van der Waals surface area contributed by atoms with Gasteiger partial charge in [-0.25, -0.2) is 18.4 Å². The lowest BCUT2D eigenvalue weighted by Crippen LogP contribution is -2.25. The van der Waals surface area contributed by atoms with E-state index < -0.39 is 9.84 Å². The van der Waals surface area contributed by atoms with Crippen molar-refractivity contribution in [1.82, 2.24) is 9.97 Å². The van der Waals surface area contributed by atoms with E-state index in [9.17, 15) is 8.42 Å². The minimum Gasteiger partial charge on any atom is -0.353 e. The zero-order valence-corrected chi connectivity index (χ0v) is 10.00. The summed E-state index contributed by atoms with van der Waals surface area (Å²) in [5.41, 5.74) is 0.985. The maximum Gasteiger partial charge on any atom is 0.222 e. The third-order valence-electron chi connectivity index (χ3n) is 2.73. The van der Waals surface area contributed by atoms with E-state index in [-0.39, 0.29) is 5.25 Å². The molecule has 88 valence electrons. The molecule has 1 saturated heterocycles. The fraction of sp³-hybridized carbons (Fsp3) is 0.600. The SMILES string of the molecule is Cc1cnc(NCC2CCCS2(=O)=O)nc1. The van der Waals surface area contributed by atoms with E-state index in [0.29, 0.717) is 18.2 Å². The number of aromatic nitrogens is 2. The number of sulfone groups is 1. The van der Waals surface area contributed by atoms with Crippen molar-refractivity contribution >= 4 is 15.8 Å². The topological polar surface area (TPSA) is 72.0 Å². The Morgan fingerprint density at radius 1 is 1.44 bits per heavy atom. The molecule has 16 heavy (non-hydrogen) atoms. The lowest BCUT2D eigenvalue weighted by molar-refractivity contribution is 0.591. The van der Waals surface area contributed by atoms with Crippen LogP contribution in [0.2, 0.25) is 0 Å². The Hall–Kier alpha value is -1.17. The van der Waals surface area contributed by atoms with Crippen LogP contribution in [0.15, 0.2) is 12.4 Å². The molecule has 1 fully saturated rings. The summed E-state index contributed by atoms with van der Waals surface area (Å²) < 4.78 is 23.1. The monoisotopic (exact) mass is 241 g/mol. The van der Waals surface area contributed by atoms with Crippen molar-refractivity contribution in [3.8, 4) is 0 Å². The van der Waals surface area contributed by atoms with Crippen LogP contribution in [-0.2, 0) is 9.84 Å². The maximum atomic E-state index is 11.6. The van der Waals surface area contributed by atoms with Crippen LogP contribution in [0.3, 0.4) is 0 Å². The Bertz CT molecular complexity index is 455. The number of aryl methyl sites for hydroxylation is 1. The van der Waals surface area contributed by atoms with Gasteiger partial charge in [0.15, 0.2) is 9.84 Å². The molecule has 6 heteroatoms. The van der Waals surface area contributed by atoms with Gasteiger partial charge in [0.1, 0.15) is 0 Å². The zero-order valence-electron chi connectivity index (χ0n) is 9.18. The number of hydrogen-bond donors (Lipinski definition) is 1. The minimum absolute atomic E-state index is 0.280. The van der Waals surface area contributed by atoms with Crippen molar-refractivity contribution in [2.45, 2.75) is 25.0 Å². The summed E-state index contributed by atoms with van der Waals surface area (Å²) in [6.45, 7) is 2.32. The lowest BCUT2D eigenvalue weighted by Gasteiger charge is -2.10.